The Bertz CT molecular complexity index is 806. The maximum absolute atomic E-state index is 13.1. The average molecular weight is 385 g/mol. The lowest BCUT2D eigenvalue weighted by molar-refractivity contribution is -0.122. The van der Waals surface area contributed by atoms with Crippen molar-refractivity contribution in [2.75, 3.05) is 11.4 Å². The Morgan fingerprint density at radius 1 is 1.08 bits per heavy atom. The zero-order valence-electron chi connectivity index (χ0n) is 13.1. The Morgan fingerprint density at radius 2 is 1.88 bits per heavy atom. The molecule has 4 rings (SSSR count). The Hall–Kier alpha value is -2.14. The second kappa shape index (κ2) is 6.06. The van der Waals surface area contributed by atoms with Crippen molar-refractivity contribution in [3.05, 3.63) is 64.1 Å². The summed E-state index contributed by atoms with van der Waals surface area (Å²) in [7, 11) is 0. The highest BCUT2D eigenvalue weighted by Gasteiger charge is 2.41. The molecule has 2 aliphatic rings. The van der Waals surface area contributed by atoms with Gasteiger partial charge < -0.3 is 9.80 Å². The molecule has 0 aliphatic carbocycles. The Kier molecular flexibility index (Phi) is 3.88. The van der Waals surface area contributed by atoms with Gasteiger partial charge in [0.05, 0.1) is 17.8 Å². The third-order valence-corrected chi connectivity index (χ3v) is 5.22. The van der Waals surface area contributed by atoms with E-state index in [1.54, 1.807) is 9.80 Å². The van der Waals surface area contributed by atoms with E-state index in [4.69, 9.17) is 0 Å². The van der Waals surface area contributed by atoms with Crippen molar-refractivity contribution in [1.82, 2.24) is 4.90 Å². The fourth-order valence-corrected chi connectivity index (χ4v) is 3.92. The van der Waals surface area contributed by atoms with E-state index in [1.165, 1.54) is 0 Å². The molecule has 2 amide bonds. The van der Waals surface area contributed by atoms with Gasteiger partial charge >= 0.3 is 0 Å². The number of carbonyl (C=O) groups is 2. The largest absolute Gasteiger partial charge is 0.327 e. The van der Waals surface area contributed by atoms with E-state index in [0.29, 0.717) is 24.3 Å². The second-order valence-corrected chi connectivity index (χ2v) is 7.14. The number of benzene rings is 2. The first-order valence-corrected chi connectivity index (χ1v) is 8.90. The predicted molar refractivity (Wildman–Crippen MR) is 95.8 cm³/mol. The van der Waals surface area contributed by atoms with Crippen molar-refractivity contribution in [3.63, 3.8) is 0 Å². The smallest absolute Gasteiger partial charge is 0.256 e. The monoisotopic (exact) mass is 384 g/mol. The van der Waals surface area contributed by atoms with E-state index in [9.17, 15) is 9.59 Å². The molecule has 1 atom stereocenters. The average Bonchev–Trinajstić information content (AvgIpc) is 3.07. The number of carbonyl (C=O) groups excluding carboxylic acids is 2. The molecule has 24 heavy (non-hydrogen) atoms. The number of amides is 2. The van der Waals surface area contributed by atoms with Crippen molar-refractivity contribution in [3.8, 4) is 0 Å². The summed E-state index contributed by atoms with van der Waals surface area (Å²) in [4.78, 5) is 29.6. The Balaban J connectivity index is 1.83. The molecule has 0 aromatic heterocycles. The van der Waals surface area contributed by atoms with Gasteiger partial charge in [0.25, 0.3) is 5.91 Å². The highest BCUT2D eigenvalue weighted by atomic mass is 79.9. The molecule has 0 radical (unpaired) electrons. The highest BCUT2D eigenvalue weighted by molar-refractivity contribution is 9.10. The zero-order chi connectivity index (χ0) is 16.7. The molecule has 0 bridgehead atoms. The van der Waals surface area contributed by atoms with Crippen LogP contribution in [0.2, 0.25) is 0 Å². The van der Waals surface area contributed by atoms with Gasteiger partial charge in [0.1, 0.15) is 6.04 Å². The number of fused-ring (bicyclic) bond motifs is 2. The lowest BCUT2D eigenvalue weighted by atomic mass is 10.1. The van der Waals surface area contributed by atoms with Gasteiger partial charge in [0.2, 0.25) is 5.91 Å². The van der Waals surface area contributed by atoms with E-state index in [1.807, 2.05) is 48.5 Å². The van der Waals surface area contributed by atoms with Crippen LogP contribution < -0.4 is 4.90 Å². The van der Waals surface area contributed by atoms with Gasteiger partial charge in [-0.25, -0.2) is 0 Å². The van der Waals surface area contributed by atoms with Crippen LogP contribution in [0.1, 0.15) is 28.8 Å². The van der Waals surface area contributed by atoms with E-state index in [0.717, 1.165) is 22.9 Å². The standard InChI is InChI=1S/C19H17BrN2O2/c20-14-8-9-16-15(11-14)18(23)21-10-4-7-17(21)19(24)22(16)12-13-5-2-1-3-6-13/h1-3,5-6,8-9,11,17H,4,7,10,12H2/t17-/m0/s1. The molecule has 0 saturated carbocycles. The van der Waals surface area contributed by atoms with Crippen LogP contribution in [0.25, 0.3) is 0 Å². The SMILES string of the molecule is O=C1[C@@H]2CCCN2C(=O)c2cc(Br)ccc2N1Cc1ccccc1. The fourth-order valence-electron chi connectivity index (χ4n) is 3.56. The molecular formula is C19H17BrN2O2. The number of rotatable bonds is 2. The lowest BCUT2D eigenvalue weighted by Crippen LogP contribution is -2.44. The van der Waals surface area contributed by atoms with Gasteiger partial charge in [0, 0.05) is 11.0 Å². The molecule has 122 valence electrons. The van der Waals surface area contributed by atoms with Crippen LogP contribution in [-0.2, 0) is 11.3 Å². The van der Waals surface area contributed by atoms with Gasteiger partial charge in [-0.15, -0.1) is 0 Å². The van der Waals surface area contributed by atoms with Gasteiger partial charge in [-0.3, -0.25) is 9.59 Å². The summed E-state index contributed by atoms with van der Waals surface area (Å²) in [6.07, 6.45) is 1.62. The second-order valence-electron chi connectivity index (χ2n) is 6.23. The summed E-state index contributed by atoms with van der Waals surface area (Å²) in [6.45, 7) is 1.13. The van der Waals surface area contributed by atoms with Crippen LogP contribution in [0.4, 0.5) is 5.69 Å². The number of nitrogens with zero attached hydrogens (tertiary/aromatic N) is 2. The summed E-state index contributed by atoms with van der Waals surface area (Å²) in [6, 6.07) is 15.1. The van der Waals surface area contributed by atoms with Gasteiger partial charge in [-0.05, 0) is 36.6 Å². The van der Waals surface area contributed by atoms with Crippen LogP contribution in [0, 0.1) is 0 Å². The summed E-state index contributed by atoms with van der Waals surface area (Å²) in [5, 5.41) is 0. The number of hydrogen-bond acceptors (Lipinski definition) is 2. The van der Waals surface area contributed by atoms with Crippen LogP contribution in [0.5, 0.6) is 0 Å². The minimum atomic E-state index is -0.340. The first-order valence-electron chi connectivity index (χ1n) is 8.11. The maximum Gasteiger partial charge on any atom is 0.256 e. The molecule has 2 aliphatic heterocycles. The van der Waals surface area contributed by atoms with Crippen molar-refractivity contribution in [2.24, 2.45) is 0 Å². The van der Waals surface area contributed by atoms with Crippen molar-refractivity contribution >= 4 is 33.4 Å². The minimum absolute atomic E-state index is 0.0192. The summed E-state index contributed by atoms with van der Waals surface area (Å²) in [5.41, 5.74) is 2.35. The van der Waals surface area contributed by atoms with Crippen LogP contribution in [0.3, 0.4) is 0 Å². The predicted octanol–water partition coefficient (Wildman–Crippen LogP) is 3.60. The van der Waals surface area contributed by atoms with Crippen molar-refractivity contribution < 1.29 is 9.59 Å². The van der Waals surface area contributed by atoms with Gasteiger partial charge in [-0.1, -0.05) is 46.3 Å². The Labute approximate surface area is 149 Å². The molecule has 0 N–H and O–H groups in total. The molecule has 2 aromatic rings. The number of anilines is 1. The number of halogens is 1. The molecular weight excluding hydrogens is 368 g/mol. The molecule has 5 heteroatoms. The van der Waals surface area contributed by atoms with Crippen LogP contribution in [0.15, 0.2) is 53.0 Å². The molecule has 1 saturated heterocycles. The summed E-state index contributed by atoms with van der Waals surface area (Å²) >= 11 is 3.44. The summed E-state index contributed by atoms with van der Waals surface area (Å²) in [5.74, 6) is -0.0245. The highest BCUT2D eigenvalue weighted by Crippen LogP contribution is 2.34. The van der Waals surface area contributed by atoms with E-state index in [-0.39, 0.29) is 17.9 Å². The van der Waals surface area contributed by atoms with E-state index in [2.05, 4.69) is 15.9 Å². The maximum atomic E-state index is 13.1. The molecule has 2 aromatic carbocycles. The third-order valence-electron chi connectivity index (χ3n) is 4.73. The van der Waals surface area contributed by atoms with E-state index < -0.39 is 0 Å². The molecule has 1 fully saturated rings. The lowest BCUT2D eigenvalue weighted by Gasteiger charge is -2.26. The molecule has 0 spiro atoms. The van der Waals surface area contributed by atoms with Gasteiger partial charge in [0.15, 0.2) is 0 Å². The molecule has 0 unspecified atom stereocenters. The van der Waals surface area contributed by atoms with Crippen LogP contribution in [-0.4, -0.2) is 29.3 Å². The summed E-state index contributed by atoms with van der Waals surface area (Å²) < 4.78 is 0.847. The first-order chi connectivity index (χ1) is 11.6. The van der Waals surface area contributed by atoms with Crippen LogP contribution >= 0.6 is 15.9 Å². The normalized spacial score (nSPS) is 20.0. The number of hydrogen-bond donors (Lipinski definition) is 0. The molecule has 2 heterocycles. The Morgan fingerprint density at radius 3 is 2.67 bits per heavy atom. The van der Waals surface area contributed by atoms with Gasteiger partial charge in [-0.2, -0.15) is 0 Å². The minimum Gasteiger partial charge on any atom is -0.327 e. The fraction of sp³-hybridized carbons (Fsp3) is 0.263. The van der Waals surface area contributed by atoms with Crippen molar-refractivity contribution in [2.45, 2.75) is 25.4 Å². The quantitative estimate of drug-likeness (QED) is 0.793. The third kappa shape index (κ3) is 2.53. The zero-order valence-corrected chi connectivity index (χ0v) is 14.7. The van der Waals surface area contributed by atoms with Crippen molar-refractivity contribution in [1.29, 1.82) is 0 Å². The first kappa shape index (κ1) is 15.4. The van der Waals surface area contributed by atoms with E-state index >= 15 is 0 Å². The topological polar surface area (TPSA) is 40.6 Å². The molecule has 4 nitrogen and oxygen atoms in total.